The maximum atomic E-state index is 12.1. The van der Waals surface area contributed by atoms with Gasteiger partial charge in [0.05, 0.1) is 6.42 Å². The molecule has 132 valence electrons. The largest absolute Gasteiger partial charge is 0.550 e. The Morgan fingerprint density at radius 2 is 1.60 bits per heavy atom. The lowest BCUT2D eigenvalue weighted by molar-refractivity contribution is -0.693. The van der Waals surface area contributed by atoms with E-state index in [4.69, 9.17) is 9.47 Å². The molecule has 1 atom stereocenters. The molecule has 0 aliphatic rings. The topological polar surface area (TPSA) is 92.3 Å². The summed E-state index contributed by atoms with van der Waals surface area (Å²) in [7, 11) is 0. The van der Waals surface area contributed by atoms with Gasteiger partial charge in [-0.15, -0.1) is 0 Å². The molecule has 0 fully saturated rings. The van der Waals surface area contributed by atoms with E-state index in [1.54, 1.807) is 17.4 Å². The highest BCUT2D eigenvalue weighted by atomic mass is 16.6. The number of carbonyl (C=O) groups is 2. The minimum atomic E-state index is -1.29. The van der Waals surface area contributed by atoms with E-state index in [9.17, 15) is 14.7 Å². The van der Waals surface area contributed by atoms with Gasteiger partial charge in [-0.2, -0.15) is 0 Å². The van der Waals surface area contributed by atoms with Crippen LogP contribution in [0.15, 0.2) is 60.7 Å². The number of carboxylic acids is 1. The van der Waals surface area contributed by atoms with Crippen LogP contribution < -0.4 is 15.2 Å². The van der Waals surface area contributed by atoms with E-state index < -0.39 is 24.4 Å². The van der Waals surface area contributed by atoms with E-state index >= 15 is 0 Å². The number of hydrogen-bond donors (Lipinski definition) is 1. The number of esters is 1. The zero-order chi connectivity index (χ0) is 17.9. The fourth-order valence-corrected chi connectivity index (χ4v) is 2.26. The van der Waals surface area contributed by atoms with E-state index in [0.717, 1.165) is 5.56 Å². The number of carbonyl (C=O) groups excluding carboxylic acids is 2. The Bertz CT molecular complexity index is 660. The van der Waals surface area contributed by atoms with Crippen molar-refractivity contribution < 1.29 is 29.5 Å². The molecule has 0 saturated heterocycles. The van der Waals surface area contributed by atoms with Crippen LogP contribution in [0.1, 0.15) is 12.0 Å². The summed E-state index contributed by atoms with van der Waals surface area (Å²) in [6, 6.07) is 17.8. The zero-order valence-corrected chi connectivity index (χ0v) is 13.8. The quantitative estimate of drug-likeness (QED) is 0.480. The van der Waals surface area contributed by atoms with Gasteiger partial charge in [0.2, 0.25) is 0 Å². The zero-order valence-electron chi connectivity index (χ0n) is 13.8. The summed E-state index contributed by atoms with van der Waals surface area (Å²) in [5.74, 6) is -1.19. The molecule has 2 rings (SSSR count). The third-order valence-electron chi connectivity index (χ3n) is 3.51. The van der Waals surface area contributed by atoms with Crippen molar-refractivity contribution in [2.75, 3.05) is 13.2 Å². The van der Waals surface area contributed by atoms with Gasteiger partial charge in [-0.05, 0) is 12.1 Å². The van der Waals surface area contributed by atoms with Crippen LogP contribution in [0.5, 0.6) is 5.75 Å². The molecule has 6 nitrogen and oxygen atoms in total. The Kier molecular flexibility index (Phi) is 7.46. The van der Waals surface area contributed by atoms with Crippen molar-refractivity contribution in [3.8, 4) is 5.75 Å². The van der Waals surface area contributed by atoms with Crippen molar-refractivity contribution in [3.05, 3.63) is 66.2 Å². The Morgan fingerprint density at radius 1 is 0.960 bits per heavy atom. The van der Waals surface area contributed by atoms with Crippen molar-refractivity contribution >= 4 is 11.9 Å². The maximum absolute atomic E-state index is 12.1. The van der Waals surface area contributed by atoms with Gasteiger partial charge in [0.15, 0.2) is 6.04 Å². The second kappa shape index (κ2) is 10.1. The van der Waals surface area contributed by atoms with E-state index in [-0.39, 0.29) is 13.2 Å². The van der Waals surface area contributed by atoms with Crippen LogP contribution in [-0.4, -0.2) is 31.2 Å². The summed E-state index contributed by atoms with van der Waals surface area (Å²) >= 11 is 0. The molecule has 2 aromatic carbocycles. The first-order chi connectivity index (χ1) is 12.1. The van der Waals surface area contributed by atoms with E-state index in [2.05, 4.69) is 0 Å². The van der Waals surface area contributed by atoms with Gasteiger partial charge in [0, 0.05) is 11.5 Å². The Labute approximate surface area is 146 Å². The number of benzene rings is 2. The van der Waals surface area contributed by atoms with Gasteiger partial charge in [-0.25, -0.2) is 4.79 Å². The lowest BCUT2D eigenvalue weighted by Crippen LogP contribution is -2.91. The van der Waals surface area contributed by atoms with Crippen LogP contribution in [0.2, 0.25) is 0 Å². The van der Waals surface area contributed by atoms with Crippen molar-refractivity contribution in [3.63, 3.8) is 0 Å². The van der Waals surface area contributed by atoms with Crippen LogP contribution in [0, 0.1) is 0 Å². The Morgan fingerprint density at radius 3 is 2.24 bits per heavy atom. The summed E-state index contributed by atoms with van der Waals surface area (Å²) in [4.78, 5) is 23.0. The predicted molar refractivity (Wildman–Crippen MR) is 88.4 cm³/mol. The molecule has 0 spiro atoms. The molecule has 0 aliphatic heterocycles. The van der Waals surface area contributed by atoms with Crippen LogP contribution in [0.4, 0.5) is 0 Å². The lowest BCUT2D eigenvalue weighted by Gasteiger charge is -2.15. The first-order valence-corrected chi connectivity index (χ1v) is 8.06. The van der Waals surface area contributed by atoms with Crippen molar-refractivity contribution in [2.24, 2.45) is 0 Å². The molecular formula is C19H21NO5. The molecule has 0 aliphatic carbocycles. The molecule has 0 saturated carbocycles. The summed E-state index contributed by atoms with van der Waals surface area (Å²) in [6.45, 7) is 0.733. The molecule has 0 aromatic heterocycles. The number of rotatable bonds is 10. The van der Waals surface area contributed by atoms with Crippen molar-refractivity contribution in [1.82, 2.24) is 0 Å². The van der Waals surface area contributed by atoms with Crippen molar-refractivity contribution in [1.29, 1.82) is 0 Å². The third kappa shape index (κ3) is 7.05. The SMILES string of the molecule is O=C([O-])C[C@H]([NH2+]Cc1ccccc1)C(=O)OCCOc1ccccc1. The number of hydrogen-bond acceptors (Lipinski definition) is 5. The van der Waals surface area contributed by atoms with Gasteiger partial charge < -0.3 is 24.7 Å². The second-order valence-electron chi connectivity index (χ2n) is 5.44. The molecule has 0 heterocycles. The average Bonchev–Trinajstić information content (AvgIpc) is 2.63. The Hall–Kier alpha value is -2.86. The summed E-state index contributed by atoms with van der Waals surface area (Å²) in [5, 5.41) is 12.5. The molecule has 2 N–H and O–H groups in total. The Balaban J connectivity index is 1.77. The summed E-state index contributed by atoms with van der Waals surface area (Å²) in [5.41, 5.74) is 0.992. The number of ether oxygens (including phenoxy) is 2. The third-order valence-corrected chi connectivity index (χ3v) is 3.51. The molecule has 25 heavy (non-hydrogen) atoms. The van der Waals surface area contributed by atoms with E-state index in [1.165, 1.54) is 0 Å². The highest BCUT2D eigenvalue weighted by Crippen LogP contribution is 2.07. The minimum absolute atomic E-state index is 0.0520. The van der Waals surface area contributed by atoms with Gasteiger partial charge in [-0.3, -0.25) is 0 Å². The molecule has 0 bridgehead atoms. The second-order valence-corrected chi connectivity index (χ2v) is 5.44. The number of aliphatic carboxylic acids is 1. The van der Waals surface area contributed by atoms with Gasteiger partial charge in [-0.1, -0.05) is 48.5 Å². The number of nitrogens with two attached hydrogens (primary N) is 1. The smallest absolute Gasteiger partial charge is 0.365 e. The molecule has 0 amide bonds. The van der Waals surface area contributed by atoms with Crippen LogP contribution >= 0.6 is 0 Å². The first kappa shape index (κ1) is 18.5. The van der Waals surface area contributed by atoms with Gasteiger partial charge in [0.25, 0.3) is 0 Å². The van der Waals surface area contributed by atoms with E-state index in [1.807, 2.05) is 48.5 Å². The number of carboxylic acid groups (broad SMARTS) is 1. The molecular weight excluding hydrogens is 322 g/mol. The number of para-hydroxylation sites is 1. The van der Waals surface area contributed by atoms with Crippen LogP contribution in [0.25, 0.3) is 0 Å². The van der Waals surface area contributed by atoms with Crippen LogP contribution in [-0.2, 0) is 20.9 Å². The fraction of sp³-hybridized carbons (Fsp3) is 0.263. The van der Waals surface area contributed by atoms with Gasteiger partial charge in [0.1, 0.15) is 25.5 Å². The molecule has 2 aromatic rings. The number of quaternary nitrogens is 1. The summed E-state index contributed by atoms with van der Waals surface area (Å²) < 4.78 is 10.6. The maximum Gasteiger partial charge on any atom is 0.365 e. The molecule has 6 heteroatoms. The van der Waals surface area contributed by atoms with E-state index in [0.29, 0.717) is 12.3 Å². The first-order valence-electron chi connectivity index (χ1n) is 8.06. The average molecular weight is 343 g/mol. The monoisotopic (exact) mass is 343 g/mol. The van der Waals surface area contributed by atoms with Crippen LogP contribution in [0.3, 0.4) is 0 Å². The lowest BCUT2D eigenvalue weighted by atomic mass is 10.1. The summed E-state index contributed by atoms with van der Waals surface area (Å²) in [6.07, 6.45) is -0.398. The predicted octanol–water partition coefficient (Wildman–Crippen LogP) is -0.119. The standard InChI is InChI=1S/C19H21NO5/c21-18(22)13-17(20-14-15-7-3-1-4-8-15)19(23)25-12-11-24-16-9-5-2-6-10-16/h1-10,17,20H,11-14H2,(H,21,22)/t17-/m0/s1. The van der Waals surface area contributed by atoms with Crippen molar-refractivity contribution in [2.45, 2.75) is 19.0 Å². The highest BCUT2D eigenvalue weighted by Gasteiger charge is 2.23. The highest BCUT2D eigenvalue weighted by molar-refractivity contribution is 5.79. The fourth-order valence-electron chi connectivity index (χ4n) is 2.26. The van der Waals surface area contributed by atoms with Gasteiger partial charge >= 0.3 is 5.97 Å². The normalized spacial score (nSPS) is 11.5. The molecule has 0 unspecified atom stereocenters. The minimum Gasteiger partial charge on any atom is -0.550 e. The molecule has 0 radical (unpaired) electrons.